The molecular weight excluding hydrogens is 382 g/mol. The molecule has 27 heavy (non-hydrogen) atoms. The van der Waals surface area contributed by atoms with E-state index in [9.17, 15) is 9.59 Å². The molecule has 2 fully saturated rings. The van der Waals surface area contributed by atoms with Crippen LogP contribution in [0.1, 0.15) is 24.4 Å². The highest BCUT2D eigenvalue weighted by Gasteiger charge is 2.40. The Bertz CT molecular complexity index is 691. The molecule has 0 aromatic heterocycles. The Kier molecular flexibility index (Phi) is 6.59. The highest BCUT2D eigenvalue weighted by molar-refractivity contribution is 8.23. The fourth-order valence-corrected chi connectivity index (χ4v) is 4.37. The minimum absolute atomic E-state index is 0.0426. The summed E-state index contributed by atoms with van der Waals surface area (Å²) in [5, 5.41) is 0. The second-order valence-electron chi connectivity index (χ2n) is 6.97. The molecule has 2 saturated heterocycles. The fraction of sp³-hybridized carbons (Fsp3) is 0.526. The van der Waals surface area contributed by atoms with Crippen molar-refractivity contribution >= 4 is 40.3 Å². The maximum Gasteiger partial charge on any atom is 0.410 e. The smallest absolute Gasteiger partial charge is 0.410 e. The Balaban J connectivity index is 1.55. The van der Waals surface area contributed by atoms with E-state index in [-0.39, 0.29) is 24.1 Å². The van der Waals surface area contributed by atoms with Crippen LogP contribution in [0.2, 0.25) is 0 Å². The first-order valence-corrected chi connectivity index (χ1v) is 10.5. The van der Waals surface area contributed by atoms with Gasteiger partial charge in [0, 0.05) is 33.2 Å². The molecule has 2 heterocycles. The van der Waals surface area contributed by atoms with Crippen LogP contribution in [0.5, 0.6) is 0 Å². The Labute approximate surface area is 169 Å². The van der Waals surface area contributed by atoms with E-state index >= 15 is 0 Å². The quantitative estimate of drug-likeness (QED) is 0.716. The van der Waals surface area contributed by atoms with E-state index in [0.717, 1.165) is 18.4 Å². The van der Waals surface area contributed by atoms with E-state index in [2.05, 4.69) is 0 Å². The molecule has 0 spiro atoms. The number of ether oxygens (including phenoxy) is 1. The highest BCUT2D eigenvalue weighted by atomic mass is 32.2. The maximum absolute atomic E-state index is 12.4. The molecule has 3 rings (SSSR count). The summed E-state index contributed by atoms with van der Waals surface area (Å²) in [6.07, 6.45) is 1.29. The van der Waals surface area contributed by atoms with Crippen LogP contribution in [0, 0.1) is 0 Å². The van der Waals surface area contributed by atoms with Gasteiger partial charge < -0.3 is 14.5 Å². The van der Waals surface area contributed by atoms with Crippen molar-refractivity contribution in [2.24, 2.45) is 0 Å². The number of rotatable bonds is 4. The topological polar surface area (TPSA) is 53.1 Å². The Morgan fingerprint density at radius 2 is 1.93 bits per heavy atom. The first-order valence-electron chi connectivity index (χ1n) is 9.09. The minimum Gasteiger partial charge on any atom is -0.447 e. The van der Waals surface area contributed by atoms with Gasteiger partial charge in [-0.2, -0.15) is 0 Å². The number of thioether (sulfide) groups is 1. The second-order valence-corrected chi connectivity index (χ2v) is 8.58. The summed E-state index contributed by atoms with van der Waals surface area (Å²) in [5.74, 6) is 0.464. The third-order valence-corrected chi connectivity index (χ3v) is 6.71. The van der Waals surface area contributed by atoms with Crippen molar-refractivity contribution in [3.63, 3.8) is 0 Å². The minimum atomic E-state index is -0.250. The second kappa shape index (κ2) is 8.93. The van der Waals surface area contributed by atoms with E-state index in [4.69, 9.17) is 17.0 Å². The monoisotopic (exact) mass is 407 g/mol. The van der Waals surface area contributed by atoms with E-state index in [1.165, 1.54) is 11.8 Å². The summed E-state index contributed by atoms with van der Waals surface area (Å²) in [7, 11) is 3.76. The summed E-state index contributed by atoms with van der Waals surface area (Å²) in [5.41, 5.74) is 1.09. The normalized spacial score (nSPS) is 20.5. The van der Waals surface area contributed by atoms with Gasteiger partial charge in [0.25, 0.3) is 0 Å². The summed E-state index contributed by atoms with van der Waals surface area (Å²) < 4.78 is 6.04. The number of thiocarbonyl (C=S) groups is 1. The lowest BCUT2D eigenvalue weighted by molar-refractivity contribution is -0.129. The SMILES string of the molecule is CN(C)C(=S)SCC(=O)N1CCC(N2C(=O)OC[C@H]2c2ccccc2)CC1. The molecule has 1 aromatic carbocycles. The number of cyclic esters (lactones) is 1. The number of amides is 2. The molecule has 0 radical (unpaired) electrons. The zero-order chi connectivity index (χ0) is 19.4. The molecule has 2 aliphatic heterocycles. The average molecular weight is 408 g/mol. The van der Waals surface area contributed by atoms with Gasteiger partial charge in [0.05, 0.1) is 11.8 Å². The highest BCUT2D eigenvalue weighted by Crippen LogP contribution is 2.33. The van der Waals surface area contributed by atoms with Crippen molar-refractivity contribution < 1.29 is 14.3 Å². The van der Waals surface area contributed by atoms with Gasteiger partial charge in [-0.3, -0.25) is 9.69 Å². The number of piperidine rings is 1. The van der Waals surface area contributed by atoms with Crippen molar-refractivity contribution in [3.05, 3.63) is 35.9 Å². The van der Waals surface area contributed by atoms with Crippen LogP contribution in [-0.2, 0) is 9.53 Å². The molecule has 1 atom stereocenters. The molecule has 8 heteroatoms. The van der Waals surface area contributed by atoms with Gasteiger partial charge in [-0.25, -0.2) is 4.79 Å². The summed E-state index contributed by atoms with van der Waals surface area (Å²) in [6.45, 7) is 1.70. The molecule has 6 nitrogen and oxygen atoms in total. The van der Waals surface area contributed by atoms with Gasteiger partial charge in [-0.1, -0.05) is 54.3 Å². The lowest BCUT2D eigenvalue weighted by Crippen LogP contribution is -2.48. The van der Waals surface area contributed by atoms with Crippen LogP contribution in [-0.4, -0.2) is 76.6 Å². The summed E-state index contributed by atoms with van der Waals surface area (Å²) >= 11 is 6.61. The van der Waals surface area contributed by atoms with Crippen LogP contribution in [0.4, 0.5) is 4.79 Å². The van der Waals surface area contributed by atoms with Crippen LogP contribution in [0.25, 0.3) is 0 Å². The molecule has 0 unspecified atom stereocenters. The van der Waals surface area contributed by atoms with Gasteiger partial charge in [0.15, 0.2) is 0 Å². The van der Waals surface area contributed by atoms with E-state index in [1.54, 1.807) is 0 Å². The van der Waals surface area contributed by atoms with Crippen molar-refractivity contribution in [2.45, 2.75) is 24.9 Å². The Morgan fingerprint density at radius 1 is 1.26 bits per heavy atom. The van der Waals surface area contributed by atoms with Gasteiger partial charge in [0.2, 0.25) is 5.91 Å². The number of benzene rings is 1. The Morgan fingerprint density at radius 3 is 2.56 bits per heavy atom. The molecule has 0 bridgehead atoms. The number of likely N-dealkylation sites (tertiary alicyclic amines) is 1. The number of nitrogens with zero attached hydrogens (tertiary/aromatic N) is 3. The average Bonchev–Trinajstić information content (AvgIpc) is 3.08. The molecular formula is C19H25N3O3S2. The van der Waals surface area contributed by atoms with Gasteiger partial charge in [-0.15, -0.1) is 0 Å². The number of carbonyl (C=O) groups excluding carboxylic acids is 2. The standard InChI is InChI=1S/C19H25N3O3S2/c1-20(2)19(26)27-13-17(23)21-10-8-15(9-11-21)22-16(12-25-18(22)24)14-6-4-3-5-7-14/h3-7,15-16H,8-13H2,1-2H3/t16-/m0/s1. The predicted octanol–water partition coefficient (Wildman–Crippen LogP) is 2.75. The molecule has 0 aliphatic carbocycles. The largest absolute Gasteiger partial charge is 0.447 e. The van der Waals surface area contributed by atoms with Crippen molar-refractivity contribution in [1.29, 1.82) is 0 Å². The molecule has 0 N–H and O–H groups in total. The van der Waals surface area contributed by atoms with Crippen LogP contribution in [0.3, 0.4) is 0 Å². The molecule has 0 saturated carbocycles. The zero-order valence-corrected chi connectivity index (χ0v) is 17.3. The molecule has 1 aromatic rings. The Hall–Kier alpha value is -1.80. The van der Waals surface area contributed by atoms with Gasteiger partial charge in [-0.05, 0) is 18.4 Å². The molecule has 2 amide bonds. The van der Waals surface area contributed by atoms with Gasteiger partial charge >= 0.3 is 6.09 Å². The number of hydrogen-bond donors (Lipinski definition) is 0. The van der Waals surface area contributed by atoms with Crippen LogP contribution >= 0.6 is 24.0 Å². The van der Waals surface area contributed by atoms with Gasteiger partial charge in [0.1, 0.15) is 10.9 Å². The summed E-state index contributed by atoms with van der Waals surface area (Å²) in [4.78, 5) is 30.3. The van der Waals surface area contributed by atoms with Crippen molar-refractivity contribution in [1.82, 2.24) is 14.7 Å². The third kappa shape index (κ3) is 4.73. The fourth-order valence-electron chi connectivity index (χ4n) is 3.51. The lowest BCUT2D eigenvalue weighted by atomic mass is 9.99. The third-order valence-electron chi connectivity index (χ3n) is 4.99. The molecule has 2 aliphatic rings. The first-order chi connectivity index (χ1) is 13.0. The van der Waals surface area contributed by atoms with Crippen molar-refractivity contribution in [2.75, 3.05) is 39.5 Å². The van der Waals surface area contributed by atoms with E-state index < -0.39 is 0 Å². The number of carbonyl (C=O) groups is 2. The zero-order valence-electron chi connectivity index (χ0n) is 15.7. The van der Waals surface area contributed by atoms with E-state index in [0.29, 0.717) is 29.8 Å². The maximum atomic E-state index is 12.4. The van der Waals surface area contributed by atoms with E-state index in [1.807, 2.05) is 59.1 Å². The molecule has 146 valence electrons. The van der Waals surface area contributed by atoms with Crippen LogP contribution in [0.15, 0.2) is 30.3 Å². The number of hydrogen-bond acceptors (Lipinski definition) is 5. The first kappa shape index (κ1) is 19.9. The van der Waals surface area contributed by atoms with Crippen molar-refractivity contribution in [3.8, 4) is 0 Å². The lowest BCUT2D eigenvalue weighted by Gasteiger charge is -2.38. The van der Waals surface area contributed by atoms with Crippen LogP contribution < -0.4 is 0 Å². The predicted molar refractivity (Wildman–Crippen MR) is 111 cm³/mol. The summed E-state index contributed by atoms with van der Waals surface area (Å²) in [6, 6.07) is 10.0.